The van der Waals surface area contributed by atoms with Crippen LogP contribution < -0.4 is 19.5 Å². The number of para-hydroxylation sites is 1. The van der Waals surface area contributed by atoms with E-state index in [1.807, 2.05) is 37.4 Å². The fraction of sp³-hybridized carbons (Fsp3) is 0.455. The predicted molar refractivity (Wildman–Crippen MR) is 114 cm³/mol. The number of likely N-dealkylation sites (tertiary alicyclic amines) is 1. The Hall–Kier alpha value is -2.96. The van der Waals surface area contributed by atoms with Crippen molar-refractivity contribution in [3.8, 4) is 23.1 Å². The van der Waals surface area contributed by atoms with Crippen molar-refractivity contribution in [1.29, 1.82) is 0 Å². The van der Waals surface area contributed by atoms with Crippen LogP contribution in [0.2, 0.25) is 0 Å². The van der Waals surface area contributed by atoms with E-state index in [2.05, 4.69) is 34.0 Å². The number of benzene rings is 1. The van der Waals surface area contributed by atoms with Crippen molar-refractivity contribution in [3.63, 3.8) is 0 Å². The number of methoxy groups -OCH3 is 2. The molecule has 7 heteroatoms. The minimum atomic E-state index is 0.331. The molecule has 1 aliphatic rings. The zero-order chi connectivity index (χ0) is 20.9. The van der Waals surface area contributed by atoms with Gasteiger partial charge in [-0.25, -0.2) is 4.98 Å². The molecule has 1 saturated heterocycles. The Labute approximate surface area is 172 Å². The maximum atomic E-state index is 5.91. The van der Waals surface area contributed by atoms with E-state index in [1.165, 1.54) is 6.42 Å². The Kier molecular flexibility index (Phi) is 6.46. The predicted octanol–water partition coefficient (Wildman–Crippen LogP) is 3.70. The summed E-state index contributed by atoms with van der Waals surface area (Å²) in [5.74, 6) is 3.09. The Balaban J connectivity index is 1.62. The van der Waals surface area contributed by atoms with Crippen molar-refractivity contribution in [3.05, 3.63) is 42.1 Å². The first-order chi connectivity index (χ1) is 14.0. The van der Waals surface area contributed by atoms with Crippen LogP contribution in [-0.2, 0) is 6.54 Å². The molecule has 0 atom stereocenters. The topological polar surface area (TPSA) is 68.2 Å². The van der Waals surface area contributed by atoms with Crippen LogP contribution >= 0.6 is 0 Å². The Morgan fingerprint density at radius 2 is 1.90 bits per heavy atom. The summed E-state index contributed by atoms with van der Waals surface area (Å²) in [5, 5.41) is 3.43. The highest BCUT2D eigenvalue weighted by Gasteiger charge is 2.30. The number of aliphatic imine (C=N–C) groups is 1. The summed E-state index contributed by atoms with van der Waals surface area (Å²) in [7, 11) is 5.01. The third kappa shape index (κ3) is 5.10. The molecule has 0 amide bonds. The van der Waals surface area contributed by atoms with Crippen LogP contribution in [0, 0.1) is 5.41 Å². The van der Waals surface area contributed by atoms with E-state index in [-0.39, 0.29) is 0 Å². The molecule has 7 nitrogen and oxygen atoms in total. The van der Waals surface area contributed by atoms with Crippen LogP contribution in [0.5, 0.6) is 23.1 Å². The summed E-state index contributed by atoms with van der Waals surface area (Å²) >= 11 is 0. The van der Waals surface area contributed by atoms with Crippen molar-refractivity contribution in [2.24, 2.45) is 10.4 Å². The van der Waals surface area contributed by atoms with E-state index < -0.39 is 0 Å². The number of nitrogens with zero attached hydrogens (tertiary/aromatic N) is 3. The van der Waals surface area contributed by atoms with Gasteiger partial charge in [0.15, 0.2) is 17.5 Å². The third-order valence-electron chi connectivity index (χ3n) is 5.03. The SMILES string of the molecule is CN=C(NCc1ccc(Oc2c(OC)cccc2OC)nc1)N1CCC(C)(C)C1. The number of hydrogen-bond donors (Lipinski definition) is 1. The molecule has 0 radical (unpaired) electrons. The second-order valence-electron chi connectivity index (χ2n) is 7.83. The highest BCUT2D eigenvalue weighted by atomic mass is 16.5. The number of pyridine rings is 1. The number of guanidine groups is 1. The second-order valence-corrected chi connectivity index (χ2v) is 7.83. The molecule has 0 spiro atoms. The Morgan fingerprint density at radius 1 is 1.17 bits per heavy atom. The summed E-state index contributed by atoms with van der Waals surface area (Å²) in [6.45, 7) is 7.27. The summed E-state index contributed by atoms with van der Waals surface area (Å²) < 4.78 is 16.6. The average molecular weight is 399 g/mol. The molecule has 29 heavy (non-hydrogen) atoms. The van der Waals surface area contributed by atoms with Gasteiger partial charge in [-0.15, -0.1) is 0 Å². The van der Waals surface area contributed by atoms with E-state index in [1.54, 1.807) is 20.4 Å². The smallest absolute Gasteiger partial charge is 0.219 e. The van der Waals surface area contributed by atoms with E-state index in [0.717, 1.165) is 24.6 Å². The van der Waals surface area contributed by atoms with Crippen LogP contribution in [0.15, 0.2) is 41.5 Å². The minimum absolute atomic E-state index is 0.331. The molecule has 0 saturated carbocycles. The fourth-order valence-electron chi connectivity index (χ4n) is 3.40. The molecule has 1 aromatic heterocycles. The van der Waals surface area contributed by atoms with E-state index in [9.17, 15) is 0 Å². The molecule has 1 fully saturated rings. The standard InChI is InChI=1S/C22H30N4O3/c1-22(2)11-12-26(15-22)21(23-3)25-14-16-9-10-19(24-13-16)29-20-17(27-4)7-6-8-18(20)28-5/h6-10,13H,11-12,14-15H2,1-5H3,(H,23,25). The molecule has 2 aromatic rings. The van der Waals surface area contributed by atoms with Crippen LogP contribution in [-0.4, -0.2) is 50.2 Å². The fourth-order valence-corrected chi connectivity index (χ4v) is 3.40. The van der Waals surface area contributed by atoms with E-state index >= 15 is 0 Å². The average Bonchev–Trinajstić information content (AvgIpc) is 3.09. The molecule has 0 bridgehead atoms. The van der Waals surface area contributed by atoms with Gasteiger partial charge in [0.1, 0.15) is 0 Å². The van der Waals surface area contributed by atoms with Crippen molar-refractivity contribution in [2.75, 3.05) is 34.4 Å². The molecule has 2 heterocycles. The molecule has 3 rings (SSSR count). The Bertz CT molecular complexity index is 827. The van der Waals surface area contributed by atoms with Crippen LogP contribution in [0.3, 0.4) is 0 Å². The first kappa shape index (κ1) is 20.8. The number of ether oxygens (including phenoxy) is 3. The summed E-state index contributed by atoms with van der Waals surface area (Å²) in [4.78, 5) is 11.1. The van der Waals surface area contributed by atoms with Gasteiger partial charge in [0, 0.05) is 38.9 Å². The van der Waals surface area contributed by atoms with Crippen LogP contribution in [0.4, 0.5) is 0 Å². The number of hydrogen-bond acceptors (Lipinski definition) is 5. The molecular weight excluding hydrogens is 368 g/mol. The van der Waals surface area contributed by atoms with Crippen molar-refractivity contribution in [1.82, 2.24) is 15.2 Å². The summed E-state index contributed by atoms with van der Waals surface area (Å²) in [6, 6.07) is 9.31. The molecule has 0 unspecified atom stereocenters. The quantitative estimate of drug-likeness (QED) is 0.591. The van der Waals surface area contributed by atoms with Gasteiger partial charge in [-0.3, -0.25) is 4.99 Å². The molecule has 1 aromatic carbocycles. The number of rotatable bonds is 6. The maximum Gasteiger partial charge on any atom is 0.219 e. The zero-order valence-electron chi connectivity index (χ0n) is 17.9. The highest BCUT2D eigenvalue weighted by molar-refractivity contribution is 5.80. The number of nitrogens with one attached hydrogen (secondary N) is 1. The second kappa shape index (κ2) is 9.03. The van der Waals surface area contributed by atoms with Gasteiger partial charge in [-0.2, -0.15) is 0 Å². The van der Waals surface area contributed by atoms with Gasteiger partial charge in [0.25, 0.3) is 0 Å². The first-order valence-corrected chi connectivity index (χ1v) is 9.75. The van der Waals surface area contributed by atoms with Crippen molar-refractivity contribution in [2.45, 2.75) is 26.8 Å². The first-order valence-electron chi connectivity index (χ1n) is 9.75. The van der Waals surface area contributed by atoms with Crippen LogP contribution in [0.25, 0.3) is 0 Å². The summed E-state index contributed by atoms with van der Waals surface area (Å²) in [6.07, 6.45) is 2.97. The monoisotopic (exact) mass is 398 g/mol. The lowest BCUT2D eigenvalue weighted by molar-refractivity contribution is 0.342. The molecule has 0 aliphatic carbocycles. The molecular formula is C22H30N4O3. The van der Waals surface area contributed by atoms with Gasteiger partial charge in [-0.05, 0) is 29.5 Å². The highest BCUT2D eigenvalue weighted by Crippen LogP contribution is 2.39. The lowest BCUT2D eigenvalue weighted by atomic mass is 9.93. The van der Waals surface area contributed by atoms with Crippen molar-refractivity contribution < 1.29 is 14.2 Å². The lowest BCUT2D eigenvalue weighted by Crippen LogP contribution is -2.40. The maximum absolute atomic E-state index is 5.91. The van der Waals surface area contributed by atoms with Gasteiger partial charge in [0.05, 0.1) is 14.2 Å². The van der Waals surface area contributed by atoms with E-state index in [0.29, 0.717) is 35.1 Å². The summed E-state index contributed by atoms with van der Waals surface area (Å²) in [5.41, 5.74) is 1.38. The van der Waals surface area contributed by atoms with E-state index in [4.69, 9.17) is 14.2 Å². The number of aromatic nitrogens is 1. The van der Waals surface area contributed by atoms with Gasteiger partial charge in [-0.1, -0.05) is 26.0 Å². The molecule has 1 aliphatic heterocycles. The van der Waals surface area contributed by atoms with Gasteiger partial charge in [0.2, 0.25) is 11.6 Å². The lowest BCUT2D eigenvalue weighted by Gasteiger charge is -2.23. The largest absolute Gasteiger partial charge is 0.493 e. The van der Waals surface area contributed by atoms with Crippen molar-refractivity contribution >= 4 is 5.96 Å². The minimum Gasteiger partial charge on any atom is -0.493 e. The van der Waals surface area contributed by atoms with Gasteiger partial charge < -0.3 is 24.4 Å². The Morgan fingerprint density at radius 3 is 2.41 bits per heavy atom. The van der Waals surface area contributed by atoms with Gasteiger partial charge >= 0.3 is 0 Å². The van der Waals surface area contributed by atoms with Crippen LogP contribution in [0.1, 0.15) is 25.8 Å². The molecule has 156 valence electrons. The third-order valence-corrected chi connectivity index (χ3v) is 5.03. The normalized spacial score (nSPS) is 15.9. The zero-order valence-corrected chi connectivity index (χ0v) is 17.9. The molecule has 1 N–H and O–H groups in total.